The molecule has 106 valence electrons. The Labute approximate surface area is 128 Å². The minimum absolute atomic E-state index is 0.820. The molecule has 0 amide bonds. The van der Waals surface area contributed by atoms with Gasteiger partial charge in [-0.2, -0.15) is 0 Å². The zero-order valence-corrected chi connectivity index (χ0v) is 13.4. The van der Waals surface area contributed by atoms with Crippen LogP contribution >= 0.6 is 15.9 Å². The average molecular weight is 335 g/mol. The van der Waals surface area contributed by atoms with Gasteiger partial charge in [0, 0.05) is 13.1 Å². The van der Waals surface area contributed by atoms with Crippen LogP contribution in [-0.4, -0.2) is 23.1 Å². The third-order valence-electron chi connectivity index (χ3n) is 3.08. The van der Waals surface area contributed by atoms with Crippen molar-refractivity contribution in [3.05, 3.63) is 46.2 Å². The summed E-state index contributed by atoms with van der Waals surface area (Å²) in [4.78, 5) is 8.47. The summed E-state index contributed by atoms with van der Waals surface area (Å²) in [6.45, 7) is 5.85. The van der Waals surface area contributed by atoms with Gasteiger partial charge >= 0.3 is 0 Å². The van der Waals surface area contributed by atoms with Gasteiger partial charge in [0.1, 0.15) is 22.4 Å². The van der Waals surface area contributed by atoms with Crippen molar-refractivity contribution in [2.24, 2.45) is 0 Å². The van der Waals surface area contributed by atoms with E-state index in [2.05, 4.69) is 67.7 Å². The van der Waals surface area contributed by atoms with Gasteiger partial charge in [-0.25, -0.2) is 9.97 Å². The number of anilines is 2. The minimum atomic E-state index is 0.820. The highest BCUT2D eigenvalue weighted by Crippen LogP contribution is 2.26. The molecule has 0 atom stereocenters. The first-order valence-corrected chi connectivity index (χ1v) is 7.54. The number of aryl methyl sites for hydroxylation is 1. The molecule has 0 radical (unpaired) electrons. The van der Waals surface area contributed by atoms with Crippen molar-refractivity contribution < 1.29 is 0 Å². The summed E-state index contributed by atoms with van der Waals surface area (Å²) in [7, 11) is 0. The number of benzene rings is 1. The topological polar surface area (TPSA) is 49.8 Å². The molecule has 1 aromatic carbocycles. The lowest BCUT2D eigenvalue weighted by atomic mass is 10.1. The maximum atomic E-state index is 4.27. The van der Waals surface area contributed by atoms with E-state index in [-0.39, 0.29) is 0 Å². The van der Waals surface area contributed by atoms with Crippen LogP contribution in [0.5, 0.6) is 0 Å². The van der Waals surface area contributed by atoms with Crippen LogP contribution in [0, 0.1) is 6.92 Å². The second-order valence-electron chi connectivity index (χ2n) is 4.52. The Morgan fingerprint density at radius 1 is 1.10 bits per heavy atom. The first kappa shape index (κ1) is 14.8. The van der Waals surface area contributed by atoms with Crippen molar-refractivity contribution in [1.82, 2.24) is 9.97 Å². The van der Waals surface area contributed by atoms with E-state index in [4.69, 9.17) is 0 Å². The van der Waals surface area contributed by atoms with E-state index in [1.54, 1.807) is 6.33 Å². The van der Waals surface area contributed by atoms with Crippen LogP contribution < -0.4 is 10.6 Å². The SMILES string of the molecule is CCNc1ncnc(NCCc2ccccc2C)c1Br. The van der Waals surface area contributed by atoms with Crippen LogP contribution in [0.1, 0.15) is 18.1 Å². The molecule has 2 rings (SSSR count). The molecule has 0 aliphatic heterocycles. The standard InChI is InChI=1S/C15H19BrN4/c1-3-17-14-13(16)15(20-10-19-14)18-9-8-12-7-5-4-6-11(12)2/h4-7,10H,3,8-9H2,1-2H3,(H2,17,18,19,20). The first-order chi connectivity index (χ1) is 9.72. The van der Waals surface area contributed by atoms with Crippen LogP contribution in [0.15, 0.2) is 35.1 Å². The second-order valence-corrected chi connectivity index (χ2v) is 5.31. The second kappa shape index (κ2) is 7.24. The van der Waals surface area contributed by atoms with Crippen LogP contribution in [0.25, 0.3) is 0 Å². The average Bonchev–Trinajstić information content (AvgIpc) is 2.45. The van der Waals surface area contributed by atoms with Gasteiger partial charge in [-0.15, -0.1) is 0 Å². The molecule has 1 aromatic heterocycles. The van der Waals surface area contributed by atoms with Gasteiger partial charge in [0.05, 0.1) is 0 Å². The van der Waals surface area contributed by atoms with Crippen LogP contribution in [0.4, 0.5) is 11.6 Å². The molecule has 0 aliphatic rings. The highest BCUT2D eigenvalue weighted by atomic mass is 79.9. The van der Waals surface area contributed by atoms with Gasteiger partial charge in [0.2, 0.25) is 0 Å². The lowest BCUT2D eigenvalue weighted by Crippen LogP contribution is -2.09. The summed E-state index contributed by atoms with van der Waals surface area (Å²) in [5.41, 5.74) is 2.68. The molecular weight excluding hydrogens is 316 g/mol. The van der Waals surface area contributed by atoms with Crippen molar-refractivity contribution in [2.75, 3.05) is 23.7 Å². The summed E-state index contributed by atoms with van der Waals surface area (Å²) in [6, 6.07) is 8.44. The number of hydrogen-bond donors (Lipinski definition) is 2. The molecule has 5 heteroatoms. The normalized spacial score (nSPS) is 10.3. The molecule has 0 aliphatic carbocycles. The zero-order chi connectivity index (χ0) is 14.4. The van der Waals surface area contributed by atoms with Crippen molar-refractivity contribution in [3.8, 4) is 0 Å². The maximum absolute atomic E-state index is 4.27. The molecule has 0 fully saturated rings. The Bertz CT molecular complexity index is 572. The fourth-order valence-electron chi connectivity index (χ4n) is 1.99. The van der Waals surface area contributed by atoms with Gasteiger partial charge in [-0.3, -0.25) is 0 Å². The smallest absolute Gasteiger partial charge is 0.145 e. The van der Waals surface area contributed by atoms with E-state index in [0.29, 0.717) is 0 Å². The molecule has 0 spiro atoms. The van der Waals surface area contributed by atoms with E-state index < -0.39 is 0 Å². The molecule has 0 saturated heterocycles. The molecule has 2 N–H and O–H groups in total. The van der Waals surface area contributed by atoms with E-state index in [0.717, 1.165) is 35.6 Å². The van der Waals surface area contributed by atoms with E-state index in [1.807, 2.05) is 6.92 Å². The predicted octanol–water partition coefficient (Wildman–Crippen LogP) is 3.63. The van der Waals surface area contributed by atoms with Gasteiger partial charge in [0.15, 0.2) is 0 Å². The summed E-state index contributed by atoms with van der Waals surface area (Å²) in [5.74, 6) is 1.64. The highest BCUT2D eigenvalue weighted by Gasteiger charge is 2.07. The third-order valence-corrected chi connectivity index (χ3v) is 3.83. The highest BCUT2D eigenvalue weighted by molar-refractivity contribution is 9.10. The lowest BCUT2D eigenvalue weighted by Gasteiger charge is -2.11. The number of nitrogens with zero attached hydrogens (tertiary/aromatic N) is 2. The number of halogens is 1. The van der Waals surface area contributed by atoms with E-state index in [9.17, 15) is 0 Å². The number of hydrogen-bond acceptors (Lipinski definition) is 4. The Morgan fingerprint density at radius 3 is 2.50 bits per heavy atom. The number of aromatic nitrogens is 2. The Morgan fingerprint density at radius 2 is 1.80 bits per heavy atom. The van der Waals surface area contributed by atoms with Crippen molar-refractivity contribution in [3.63, 3.8) is 0 Å². The molecule has 4 nitrogen and oxygen atoms in total. The number of nitrogens with one attached hydrogen (secondary N) is 2. The molecule has 0 bridgehead atoms. The fourth-order valence-corrected chi connectivity index (χ4v) is 2.48. The van der Waals surface area contributed by atoms with E-state index >= 15 is 0 Å². The summed E-state index contributed by atoms with van der Waals surface area (Å²) in [6.07, 6.45) is 2.54. The quantitative estimate of drug-likeness (QED) is 0.846. The molecule has 2 aromatic rings. The van der Waals surface area contributed by atoms with Gasteiger partial charge in [-0.05, 0) is 47.3 Å². The fraction of sp³-hybridized carbons (Fsp3) is 0.333. The minimum Gasteiger partial charge on any atom is -0.369 e. The van der Waals surface area contributed by atoms with Gasteiger partial charge < -0.3 is 10.6 Å². The predicted molar refractivity (Wildman–Crippen MR) is 87.3 cm³/mol. The Balaban J connectivity index is 1.98. The summed E-state index contributed by atoms with van der Waals surface area (Å²) >= 11 is 3.53. The number of rotatable bonds is 6. The summed E-state index contributed by atoms with van der Waals surface area (Å²) < 4.78 is 0.881. The Kier molecular flexibility index (Phi) is 5.35. The van der Waals surface area contributed by atoms with E-state index in [1.165, 1.54) is 11.1 Å². The van der Waals surface area contributed by atoms with Crippen molar-refractivity contribution in [2.45, 2.75) is 20.3 Å². The lowest BCUT2D eigenvalue weighted by molar-refractivity contribution is 0.983. The first-order valence-electron chi connectivity index (χ1n) is 6.75. The van der Waals surface area contributed by atoms with Crippen LogP contribution in [0.3, 0.4) is 0 Å². The summed E-state index contributed by atoms with van der Waals surface area (Å²) in [5, 5.41) is 6.54. The molecule has 20 heavy (non-hydrogen) atoms. The zero-order valence-electron chi connectivity index (χ0n) is 11.8. The molecule has 1 heterocycles. The van der Waals surface area contributed by atoms with Gasteiger partial charge in [-0.1, -0.05) is 24.3 Å². The van der Waals surface area contributed by atoms with Crippen LogP contribution in [-0.2, 0) is 6.42 Å². The van der Waals surface area contributed by atoms with Crippen molar-refractivity contribution >= 4 is 27.6 Å². The molecule has 0 saturated carbocycles. The molecular formula is C15H19BrN4. The largest absolute Gasteiger partial charge is 0.369 e. The van der Waals surface area contributed by atoms with Crippen LogP contribution in [0.2, 0.25) is 0 Å². The van der Waals surface area contributed by atoms with Gasteiger partial charge in [0.25, 0.3) is 0 Å². The maximum Gasteiger partial charge on any atom is 0.145 e. The monoisotopic (exact) mass is 334 g/mol. The molecule has 0 unspecified atom stereocenters. The van der Waals surface area contributed by atoms with Crippen molar-refractivity contribution in [1.29, 1.82) is 0 Å². The third kappa shape index (κ3) is 3.70. The Hall–Kier alpha value is -1.62.